The van der Waals surface area contributed by atoms with Crippen LogP contribution in [0.25, 0.3) is 10.9 Å². The van der Waals surface area contributed by atoms with Gasteiger partial charge in [-0.25, -0.2) is 14.4 Å². The van der Waals surface area contributed by atoms with Crippen LogP contribution in [0.15, 0.2) is 30.6 Å². The maximum absolute atomic E-state index is 14.6. The van der Waals surface area contributed by atoms with Crippen LogP contribution in [0.3, 0.4) is 0 Å². The van der Waals surface area contributed by atoms with E-state index >= 15 is 0 Å². The zero-order valence-corrected chi connectivity index (χ0v) is 19.4. The van der Waals surface area contributed by atoms with Crippen LogP contribution in [0.2, 0.25) is 10.0 Å². The Labute approximate surface area is 200 Å². The first kappa shape index (κ1) is 22.4. The number of aromatic nitrogens is 2. The third kappa shape index (κ3) is 4.40. The molecule has 0 amide bonds. The molecule has 1 aliphatic carbocycles. The average molecular weight is 493 g/mol. The van der Waals surface area contributed by atoms with Crippen LogP contribution in [-0.4, -0.2) is 49.5 Å². The van der Waals surface area contributed by atoms with Gasteiger partial charge in [-0.3, -0.25) is 0 Å². The van der Waals surface area contributed by atoms with Crippen molar-refractivity contribution < 1.29 is 18.6 Å². The normalized spacial score (nSPS) is 21.5. The van der Waals surface area contributed by atoms with E-state index in [2.05, 4.69) is 20.6 Å². The zero-order valence-electron chi connectivity index (χ0n) is 17.9. The summed E-state index contributed by atoms with van der Waals surface area (Å²) in [5.74, 6) is 1.90. The van der Waals surface area contributed by atoms with Gasteiger partial charge in [0.1, 0.15) is 24.9 Å². The van der Waals surface area contributed by atoms with E-state index in [9.17, 15) is 4.39 Å². The highest BCUT2D eigenvalue weighted by atomic mass is 35.5. The number of halogens is 3. The van der Waals surface area contributed by atoms with Crippen molar-refractivity contribution in [1.82, 2.24) is 15.3 Å². The maximum atomic E-state index is 14.6. The zero-order chi connectivity index (χ0) is 22.9. The van der Waals surface area contributed by atoms with Gasteiger partial charge in [-0.2, -0.15) is 0 Å². The van der Waals surface area contributed by atoms with Gasteiger partial charge in [0.25, 0.3) is 0 Å². The van der Waals surface area contributed by atoms with E-state index in [1.54, 1.807) is 7.11 Å². The molecule has 174 valence electrons. The van der Waals surface area contributed by atoms with Gasteiger partial charge in [-0.15, -0.1) is 0 Å². The van der Waals surface area contributed by atoms with Crippen molar-refractivity contribution in [3.05, 3.63) is 46.5 Å². The summed E-state index contributed by atoms with van der Waals surface area (Å²) < 4.78 is 32.1. The predicted octanol–water partition coefficient (Wildman–Crippen LogP) is 4.83. The average Bonchev–Trinajstić information content (AvgIpc) is 2.83. The van der Waals surface area contributed by atoms with Gasteiger partial charge in [0, 0.05) is 43.5 Å². The third-order valence-electron chi connectivity index (χ3n) is 6.14. The second-order valence-corrected chi connectivity index (χ2v) is 9.01. The van der Waals surface area contributed by atoms with Crippen LogP contribution >= 0.6 is 23.2 Å². The summed E-state index contributed by atoms with van der Waals surface area (Å²) in [5.41, 5.74) is 0.787. The van der Waals surface area contributed by atoms with E-state index in [0.717, 1.165) is 19.5 Å². The van der Waals surface area contributed by atoms with E-state index in [4.69, 9.17) is 37.4 Å². The van der Waals surface area contributed by atoms with Gasteiger partial charge in [0.15, 0.2) is 17.3 Å². The highest BCUT2D eigenvalue weighted by Crippen LogP contribution is 2.43. The molecule has 1 aliphatic heterocycles. The summed E-state index contributed by atoms with van der Waals surface area (Å²) in [5, 5.41) is 7.09. The molecule has 33 heavy (non-hydrogen) atoms. The molecular weight excluding hydrogens is 470 g/mol. The van der Waals surface area contributed by atoms with Crippen LogP contribution in [-0.2, 0) is 4.74 Å². The van der Waals surface area contributed by atoms with Crippen molar-refractivity contribution in [2.45, 2.75) is 12.5 Å². The topological polar surface area (TPSA) is 77.5 Å². The molecular formula is C23H23Cl2FN4O3. The minimum atomic E-state index is -0.651. The fraction of sp³-hybridized carbons (Fsp3) is 0.391. The van der Waals surface area contributed by atoms with Gasteiger partial charge < -0.3 is 24.8 Å². The minimum absolute atomic E-state index is 0.127. The van der Waals surface area contributed by atoms with Crippen molar-refractivity contribution in [3.63, 3.8) is 0 Å². The Bertz CT molecular complexity index is 1170. The molecule has 0 spiro atoms. The van der Waals surface area contributed by atoms with Crippen molar-refractivity contribution in [2.75, 3.05) is 38.7 Å². The van der Waals surface area contributed by atoms with Gasteiger partial charge in [0.05, 0.1) is 27.9 Å². The van der Waals surface area contributed by atoms with E-state index < -0.39 is 5.82 Å². The SMILES string of the molecule is COCCOc1cc2ncnc(Nc3ccc(Cl)c(Cl)c3F)c2cc1O[C@@H]1[C@@H]2CNC[C@H]1C2. The number of hydrogen-bond acceptors (Lipinski definition) is 7. The van der Waals surface area contributed by atoms with E-state index in [0.29, 0.717) is 53.3 Å². The molecule has 7 nitrogen and oxygen atoms in total. The number of rotatable bonds is 8. The van der Waals surface area contributed by atoms with Crippen LogP contribution in [0.4, 0.5) is 15.9 Å². The summed E-state index contributed by atoms with van der Waals surface area (Å²) in [6.07, 6.45) is 2.70. The summed E-state index contributed by atoms with van der Waals surface area (Å²) in [6.45, 7) is 2.72. The Morgan fingerprint density at radius 2 is 1.94 bits per heavy atom. The van der Waals surface area contributed by atoms with Crippen molar-refractivity contribution in [3.8, 4) is 11.5 Å². The number of hydrogen-bond donors (Lipinski definition) is 2. The van der Waals surface area contributed by atoms with E-state index in [-0.39, 0.29) is 21.8 Å². The molecule has 0 radical (unpaired) electrons. The fourth-order valence-electron chi connectivity index (χ4n) is 4.39. The lowest BCUT2D eigenvalue weighted by atomic mass is 9.69. The quantitative estimate of drug-likeness (QED) is 0.344. The first-order valence-corrected chi connectivity index (χ1v) is 11.5. The second-order valence-electron chi connectivity index (χ2n) is 8.22. The van der Waals surface area contributed by atoms with Crippen molar-refractivity contribution in [1.29, 1.82) is 0 Å². The molecule has 2 aliphatic rings. The van der Waals surface area contributed by atoms with E-state index in [1.165, 1.54) is 18.5 Å². The van der Waals surface area contributed by atoms with E-state index in [1.807, 2.05) is 12.1 Å². The Balaban J connectivity index is 1.51. The Hall–Kier alpha value is -2.39. The molecule has 1 saturated carbocycles. The number of benzene rings is 2. The van der Waals surface area contributed by atoms with Crippen molar-refractivity contribution in [2.24, 2.45) is 11.8 Å². The molecule has 2 fully saturated rings. The molecule has 2 bridgehead atoms. The van der Waals surface area contributed by atoms with Crippen LogP contribution in [0.1, 0.15) is 6.42 Å². The van der Waals surface area contributed by atoms with Crippen LogP contribution in [0, 0.1) is 17.7 Å². The fourth-order valence-corrected chi connectivity index (χ4v) is 4.70. The van der Waals surface area contributed by atoms with Crippen LogP contribution < -0.4 is 20.1 Å². The monoisotopic (exact) mass is 492 g/mol. The number of fused-ring (bicyclic) bond motifs is 3. The number of anilines is 2. The number of piperidine rings is 2. The molecule has 1 saturated heterocycles. The molecule has 2 aromatic carbocycles. The minimum Gasteiger partial charge on any atom is -0.487 e. The Kier molecular flexibility index (Phi) is 6.42. The third-order valence-corrected chi connectivity index (χ3v) is 6.93. The molecule has 1 aromatic heterocycles. The summed E-state index contributed by atoms with van der Waals surface area (Å²) >= 11 is 11.9. The number of nitrogens with one attached hydrogen (secondary N) is 2. The number of methoxy groups -OCH3 is 1. The number of nitrogens with zero attached hydrogens (tertiary/aromatic N) is 2. The molecule has 2 N–H and O–H groups in total. The molecule has 5 rings (SSSR count). The summed E-state index contributed by atoms with van der Waals surface area (Å²) in [4.78, 5) is 8.69. The van der Waals surface area contributed by atoms with Crippen molar-refractivity contribution >= 4 is 45.6 Å². The summed E-state index contributed by atoms with van der Waals surface area (Å²) in [6, 6.07) is 6.69. The van der Waals surface area contributed by atoms with Crippen LogP contribution in [0.5, 0.6) is 11.5 Å². The Morgan fingerprint density at radius 3 is 2.70 bits per heavy atom. The van der Waals surface area contributed by atoms with Gasteiger partial charge >= 0.3 is 0 Å². The molecule has 3 atom stereocenters. The Morgan fingerprint density at radius 1 is 1.12 bits per heavy atom. The largest absolute Gasteiger partial charge is 0.487 e. The smallest absolute Gasteiger partial charge is 0.166 e. The van der Waals surface area contributed by atoms with Gasteiger partial charge in [-0.05, 0) is 24.6 Å². The first-order chi connectivity index (χ1) is 16.0. The molecule has 2 heterocycles. The highest BCUT2D eigenvalue weighted by molar-refractivity contribution is 6.42. The lowest BCUT2D eigenvalue weighted by Gasteiger charge is -2.49. The number of ether oxygens (including phenoxy) is 3. The molecule has 0 unspecified atom stereocenters. The first-order valence-electron chi connectivity index (χ1n) is 10.7. The summed E-state index contributed by atoms with van der Waals surface area (Å²) in [7, 11) is 1.62. The highest BCUT2D eigenvalue weighted by Gasteiger charge is 2.45. The molecule has 10 heteroatoms. The van der Waals surface area contributed by atoms with Gasteiger partial charge in [-0.1, -0.05) is 23.2 Å². The lowest BCUT2D eigenvalue weighted by Crippen LogP contribution is -2.59. The van der Waals surface area contributed by atoms with Gasteiger partial charge in [0.2, 0.25) is 0 Å². The standard InChI is InChI=1S/C23H23Cl2FN4O3/c1-31-4-5-32-18-8-17-14(7-19(18)33-22-12-6-13(22)10-27-9-12)23(29-11-28-17)30-16-3-2-15(24)20(25)21(16)26/h2-3,7-8,11-13,22,27H,4-6,9-10H2,1H3,(H,28,29,30)/t12-,13+,22+. The maximum Gasteiger partial charge on any atom is 0.166 e. The molecule has 3 aromatic rings. The second kappa shape index (κ2) is 9.46. The lowest BCUT2D eigenvalue weighted by molar-refractivity contribution is -0.0459. The predicted molar refractivity (Wildman–Crippen MR) is 125 cm³/mol.